The molecular weight excluding hydrogens is 288 g/mol. The number of amides is 1. The predicted molar refractivity (Wildman–Crippen MR) is 95.8 cm³/mol. The molecular formula is C18H28N4O. The fourth-order valence-corrected chi connectivity index (χ4v) is 2.95. The maximum absolute atomic E-state index is 12.1. The monoisotopic (exact) mass is 316 g/mol. The Hall–Kier alpha value is -2.04. The van der Waals surface area contributed by atoms with Crippen molar-refractivity contribution in [1.29, 1.82) is 0 Å². The highest BCUT2D eigenvalue weighted by molar-refractivity contribution is 5.95. The van der Waals surface area contributed by atoms with E-state index in [0.29, 0.717) is 5.92 Å². The molecule has 126 valence electrons. The van der Waals surface area contributed by atoms with E-state index in [1.54, 1.807) is 7.05 Å². The molecule has 5 heteroatoms. The van der Waals surface area contributed by atoms with Crippen LogP contribution in [0.4, 0.5) is 5.69 Å². The van der Waals surface area contributed by atoms with E-state index in [1.807, 2.05) is 18.2 Å². The molecule has 0 bridgehead atoms. The fourth-order valence-electron chi connectivity index (χ4n) is 2.95. The van der Waals surface area contributed by atoms with Gasteiger partial charge in [0.2, 0.25) is 5.91 Å². The van der Waals surface area contributed by atoms with Crippen molar-refractivity contribution in [1.82, 2.24) is 10.2 Å². The summed E-state index contributed by atoms with van der Waals surface area (Å²) in [6.45, 7) is 6.59. The smallest absolute Gasteiger partial charge is 0.243 e. The van der Waals surface area contributed by atoms with Crippen molar-refractivity contribution >= 4 is 17.6 Å². The summed E-state index contributed by atoms with van der Waals surface area (Å²) in [6, 6.07) is 7.96. The summed E-state index contributed by atoms with van der Waals surface area (Å²) in [7, 11) is 1.77. The highest BCUT2D eigenvalue weighted by Crippen LogP contribution is 2.15. The van der Waals surface area contributed by atoms with E-state index in [4.69, 9.17) is 0 Å². The molecule has 5 nitrogen and oxygen atoms in total. The third kappa shape index (κ3) is 5.27. The van der Waals surface area contributed by atoms with Crippen LogP contribution in [0, 0.1) is 5.92 Å². The molecule has 0 spiro atoms. The summed E-state index contributed by atoms with van der Waals surface area (Å²) in [6.07, 6.45) is 3.40. The van der Waals surface area contributed by atoms with E-state index >= 15 is 0 Å². The number of aryl methyl sites for hydroxylation is 1. The Bertz CT molecular complexity index is 556. The van der Waals surface area contributed by atoms with Gasteiger partial charge >= 0.3 is 0 Å². The standard InChI is InChI=1S/C18H28N4O/c1-4-15-8-5-9-16(11-15)21-17(23)12-20-18(19-3)22-10-6-7-14(2)13-22/h5,8-9,11,14H,4,6-7,10,12-13H2,1-3H3,(H,19,20)(H,21,23). The Kier molecular flexibility index (Phi) is 6.44. The largest absolute Gasteiger partial charge is 0.347 e. The van der Waals surface area contributed by atoms with E-state index in [9.17, 15) is 4.79 Å². The zero-order valence-electron chi connectivity index (χ0n) is 14.4. The highest BCUT2D eigenvalue weighted by Gasteiger charge is 2.19. The first kappa shape index (κ1) is 17.3. The number of hydrogen-bond acceptors (Lipinski definition) is 2. The van der Waals surface area contributed by atoms with Gasteiger partial charge in [-0.2, -0.15) is 0 Å². The highest BCUT2D eigenvalue weighted by atomic mass is 16.1. The number of piperidine rings is 1. The molecule has 1 fully saturated rings. The number of guanidine groups is 1. The van der Waals surface area contributed by atoms with Gasteiger partial charge in [-0.1, -0.05) is 26.0 Å². The number of carbonyl (C=O) groups excluding carboxylic acids is 1. The molecule has 0 radical (unpaired) electrons. The molecule has 2 rings (SSSR count). The molecule has 1 aliphatic rings. The van der Waals surface area contributed by atoms with E-state index in [-0.39, 0.29) is 12.5 Å². The number of carbonyl (C=O) groups is 1. The molecule has 1 saturated heterocycles. The quantitative estimate of drug-likeness (QED) is 0.663. The first-order valence-corrected chi connectivity index (χ1v) is 8.46. The van der Waals surface area contributed by atoms with Crippen molar-refractivity contribution in [3.63, 3.8) is 0 Å². The van der Waals surface area contributed by atoms with Gasteiger partial charge in [0.05, 0.1) is 6.54 Å². The molecule has 1 unspecified atom stereocenters. The molecule has 1 aromatic carbocycles. The first-order valence-electron chi connectivity index (χ1n) is 8.46. The number of rotatable bonds is 4. The lowest BCUT2D eigenvalue weighted by Crippen LogP contribution is -2.48. The summed E-state index contributed by atoms with van der Waals surface area (Å²) in [5.74, 6) is 1.44. The average molecular weight is 316 g/mol. The lowest BCUT2D eigenvalue weighted by molar-refractivity contribution is -0.115. The number of aliphatic imine (C=N–C) groups is 1. The van der Waals surface area contributed by atoms with Crippen LogP contribution >= 0.6 is 0 Å². The fraction of sp³-hybridized carbons (Fsp3) is 0.556. The van der Waals surface area contributed by atoms with Crippen LogP contribution in [0.1, 0.15) is 32.3 Å². The Morgan fingerprint density at radius 3 is 2.96 bits per heavy atom. The SMILES string of the molecule is CCc1cccc(NC(=O)CNC(=NC)N2CCCC(C)C2)c1. The predicted octanol–water partition coefficient (Wildman–Crippen LogP) is 2.49. The molecule has 0 aliphatic carbocycles. The minimum atomic E-state index is -0.0514. The van der Waals surface area contributed by atoms with E-state index in [0.717, 1.165) is 31.2 Å². The second-order valence-electron chi connectivity index (χ2n) is 6.20. The zero-order chi connectivity index (χ0) is 16.7. The number of likely N-dealkylation sites (tertiary alicyclic amines) is 1. The van der Waals surface area contributed by atoms with E-state index in [2.05, 4.69) is 40.4 Å². The van der Waals surface area contributed by atoms with Crippen LogP contribution < -0.4 is 10.6 Å². The number of hydrogen-bond donors (Lipinski definition) is 2. The normalized spacial score (nSPS) is 18.7. The second kappa shape index (κ2) is 8.56. The lowest BCUT2D eigenvalue weighted by atomic mass is 10.0. The van der Waals surface area contributed by atoms with Gasteiger partial charge in [-0.3, -0.25) is 9.79 Å². The number of nitrogens with one attached hydrogen (secondary N) is 2. The van der Waals surface area contributed by atoms with Gasteiger partial charge in [0.25, 0.3) is 0 Å². The van der Waals surface area contributed by atoms with Gasteiger partial charge in [0.1, 0.15) is 0 Å². The van der Waals surface area contributed by atoms with E-state index < -0.39 is 0 Å². The summed E-state index contributed by atoms with van der Waals surface area (Å²) >= 11 is 0. The van der Waals surface area contributed by atoms with Crippen molar-refractivity contribution in [2.24, 2.45) is 10.9 Å². The maximum Gasteiger partial charge on any atom is 0.243 e. The van der Waals surface area contributed by atoms with Crippen LogP contribution in [0.5, 0.6) is 0 Å². The van der Waals surface area contributed by atoms with Crippen molar-refractivity contribution in [3.05, 3.63) is 29.8 Å². The third-order valence-corrected chi connectivity index (χ3v) is 4.19. The van der Waals surface area contributed by atoms with Gasteiger partial charge in [-0.15, -0.1) is 0 Å². The van der Waals surface area contributed by atoms with Gasteiger partial charge in [0.15, 0.2) is 5.96 Å². The number of anilines is 1. The van der Waals surface area contributed by atoms with Crippen molar-refractivity contribution < 1.29 is 4.79 Å². The number of benzene rings is 1. The van der Waals surface area contributed by atoms with Crippen LogP contribution in [-0.2, 0) is 11.2 Å². The Morgan fingerprint density at radius 2 is 2.26 bits per heavy atom. The molecule has 23 heavy (non-hydrogen) atoms. The maximum atomic E-state index is 12.1. The van der Waals surface area contributed by atoms with Crippen LogP contribution in [0.15, 0.2) is 29.3 Å². The Morgan fingerprint density at radius 1 is 1.43 bits per heavy atom. The number of nitrogens with zero attached hydrogens (tertiary/aromatic N) is 2. The van der Waals surface area contributed by atoms with Gasteiger partial charge in [0, 0.05) is 25.8 Å². The first-order chi connectivity index (χ1) is 11.1. The second-order valence-corrected chi connectivity index (χ2v) is 6.20. The van der Waals surface area contributed by atoms with Gasteiger partial charge < -0.3 is 15.5 Å². The summed E-state index contributed by atoms with van der Waals surface area (Å²) < 4.78 is 0. The minimum absolute atomic E-state index is 0.0514. The topological polar surface area (TPSA) is 56.7 Å². The minimum Gasteiger partial charge on any atom is -0.347 e. The molecule has 0 aromatic heterocycles. The van der Waals surface area contributed by atoms with E-state index in [1.165, 1.54) is 18.4 Å². The molecule has 2 N–H and O–H groups in total. The van der Waals surface area contributed by atoms with Crippen LogP contribution in [-0.4, -0.2) is 43.4 Å². The average Bonchev–Trinajstić information content (AvgIpc) is 2.55. The summed E-state index contributed by atoms with van der Waals surface area (Å²) in [5, 5.41) is 6.11. The van der Waals surface area contributed by atoms with Crippen LogP contribution in [0.25, 0.3) is 0 Å². The lowest BCUT2D eigenvalue weighted by Gasteiger charge is -2.33. The Labute approximate surface area is 139 Å². The van der Waals surface area contributed by atoms with Crippen LogP contribution in [0.3, 0.4) is 0 Å². The van der Waals surface area contributed by atoms with Crippen molar-refractivity contribution in [2.45, 2.75) is 33.1 Å². The summed E-state index contributed by atoms with van der Waals surface area (Å²) in [4.78, 5) is 18.7. The third-order valence-electron chi connectivity index (χ3n) is 4.19. The molecule has 1 heterocycles. The molecule has 1 amide bonds. The zero-order valence-corrected chi connectivity index (χ0v) is 14.4. The molecule has 0 saturated carbocycles. The van der Waals surface area contributed by atoms with Crippen molar-refractivity contribution in [3.8, 4) is 0 Å². The van der Waals surface area contributed by atoms with Crippen LogP contribution in [0.2, 0.25) is 0 Å². The molecule has 1 atom stereocenters. The molecule has 1 aliphatic heterocycles. The van der Waals surface area contributed by atoms with Crippen molar-refractivity contribution in [2.75, 3.05) is 32.0 Å². The van der Waals surface area contributed by atoms with Gasteiger partial charge in [-0.05, 0) is 42.9 Å². The Balaban J connectivity index is 1.84. The van der Waals surface area contributed by atoms with Gasteiger partial charge in [-0.25, -0.2) is 0 Å². The summed E-state index contributed by atoms with van der Waals surface area (Å²) in [5.41, 5.74) is 2.06. The molecule has 1 aromatic rings.